The van der Waals surface area contributed by atoms with Gasteiger partial charge in [-0.25, -0.2) is 0 Å². The van der Waals surface area contributed by atoms with Crippen LogP contribution < -0.4 is 4.74 Å². The fraction of sp³-hybridized carbons (Fsp3) is 0. The lowest BCUT2D eigenvalue weighted by Crippen LogP contribution is -1.83. The minimum atomic E-state index is 0.815. The van der Waals surface area contributed by atoms with E-state index in [0.717, 1.165) is 39.5 Å². The molecule has 0 saturated carbocycles. The van der Waals surface area contributed by atoms with Gasteiger partial charge in [-0.1, -0.05) is 54.6 Å². The van der Waals surface area contributed by atoms with Crippen LogP contribution in [0.1, 0.15) is 22.5 Å². The predicted molar refractivity (Wildman–Crippen MR) is 128 cm³/mol. The van der Waals surface area contributed by atoms with E-state index in [1.807, 2.05) is 85.1 Å². The summed E-state index contributed by atoms with van der Waals surface area (Å²) in [5.41, 5.74) is 5.19. The molecule has 4 nitrogen and oxygen atoms in total. The van der Waals surface area contributed by atoms with Crippen LogP contribution in [0, 0.1) is 0 Å². The number of hydrogen-bond acceptors (Lipinski definition) is 2. The molecule has 0 spiro atoms. The van der Waals surface area contributed by atoms with E-state index in [1.54, 1.807) is 0 Å². The maximum absolute atomic E-state index is 5.83. The van der Waals surface area contributed by atoms with Gasteiger partial charge in [0.15, 0.2) is 0 Å². The third-order valence-corrected chi connectivity index (χ3v) is 4.96. The summed E-state index contributed by atoms with van der Waals surface area (Å²) in [7, 11) is 0. The van der Waals surface area contributed by atoms with E-state index in [9.17, 15) is 0 Å². The maximum atomic E-state index is 5.83. The third kappa shape index (κ3) is 4.65. The van der Waals surface area contributed by atoms with Gasteiger partial charge in [-0.15, -0.1) is 0 Å². The highest BCUT2D eigenvalue weighted by molar-refractivity contribution is 5.83. The molecule has 0 fully saturated rings. The Morgan fingerprint density at radius 2 is 1.45 bits per heavy atom. The Hall–Kier alpha value is -4.31. The lowest BCUT2D eigenvalue weighted by molar-refractivity contribution is 0.482. The summed E-state index contributed by atoms with van der Waals surface area (Å²) in [6, 6.07) is 28.2. The summed E-state index contributed by atoms with van der Waals surface area (Å²) in [6.45, 7) is 0. The molecule has 5 aromatic rings. The van der Waals surface area contributed by atoms with Crippen molar-refractivity contribution in [2.75, 3.05) is 0 Å². The van der Waals surface area contributed by atoms with Gasteiger partial charge in [0.05, 0.1) is 11.4 Å². The van der Waals surface area contributed by atoms with E-state index in [0.29, 0.717) is 0 Å². The highest BCUT2D eigenvalue weighted by atomic mass is 16.5. The second-order valence-corrected chi connectivity index (χ2v) is 7.22. The summed E-state index contributed by atoms with van der Waals surface area (Å²) in [6.07, 6.45) is 10.1. The molecule has 4 heteroatoms. The second-order valence-electron chi connectivity index (χ2n) is 7.22. The van der Waals surface area contributed by atoms with E-state index in [4.69, 9.17) is 4.74 Å². The number of para-hydroxylation sites is 1. The van der Waals surface area contributed by atoms with Crippen LogP contribution in [-0.4, -0.2) is 15.2 Å². The van der Waals surface area contributed by atoms with Gasteiger partial charge in [-0.3, -0.25) is 5.10 Å². The van der Waals surface area contributed by atoms with Crippen molar-refractivity contribution >= 4 is 35.2 Å². The lowest BCUT2D eigenvalue weighted by Gasteiger charge is -2.05. The average molecular weight is 403 g/mol. The van der Waals surface area contributed by atoms with Gasteiger partial charge in [0.1, 0.15) is 11.5 Å². The number of aromatic nitrogens is 3. The number of ether oxygens (including phenoxy) is 1. The Morgan fingerprint density at radius 3 is 2.32 bits per heavy atom. The van der Waals surface area contributed by atoms with Gasteiger partial charge in [0.2, 0.25) is 0 Å². The van der Waals surface area contributed by atoms with Crippen LogP contribution in [0.2, 0.25) is 0 Å². The van der Waals surface area contributed by atoms with Crippen LogP contribution in [0.4, 0.5) is 0 Å². The number of nitrogens with zero attached hydrogens (tertiary/aromatic N) is 1. The van der Waals surface area contributed by atoms with Gasteiger partial charge >= 0.3 is 0 Å². The van der Waals surface area contributed by atoms with Crippen LogP contribution in [0.3, 0.4) is 0 Å². The topological polar surface area (TPSA) is 53.7 Å². The third-order valence-electron chi connectivity index (χ3n) is 4.96. The Kier molecular flexibility index (Phi) is 5.18. The molecule has 0 amide bonds. The smallest absolute Gasteiger partial charge is 0.127 e. The van der Waals surface area contributed by atoms with E-state index < -0.39 is 0 Å². The largest absolute Gasteiger partial charge is 0.457 e. The van der Waals surface area contributed by atoms with Crippen LogP contribution in [0.15, 0.2) is 91.1 Å². The monoisotopic (exact) mass is 403 g/mol. The van der Waals surface area contributed by atoms with Gasteiger partial charge in [-0.05, 0) is 71.1 Å². The molecule has 0 aliphatic rings. The summed E-state index contributed by atoms with van der Waals surface area (Å²) in [4.78, 5) is 3.24. The molecule has 2 aromatic heterocycles. The zero-order valence-corrected chi connectivity index (χ0v) is 16.8. The zero-order valence-electron chi connectivity index (χ0n) is 16.8. The lowest BCUT2D eigenvalue weighted by atomic mass is 10.1. The fourth-order valence-electron chi connectivity index (χ4n) is 3.33. The van der Waals surface area contributed by atoms with Crippen molar-refractivity contribution in [3.63, 3.8) is 0 Å². The first-order chi connectivity index (χ1) is 15.3. The number of aromatic amines is 2. The highest BCUT2D eigenvalue weighted by Crippen LogP contribution is 2.22. The van der Waals surface area contributed by atoms with E-state index >= 15 is 0 Å². The van der Waals surface area contributed by atoms with E-state index in [2.05, 4.69) is 45.5 Å². The number of H-pyrrole nitrogens is 2. The Morgan fingerprint density at radius 1 is 0.677 bits per heavy atom. The molecule has 0 bridgehead atoms. The van der Waals surface area contributed by atoms with Crippen molar-refractivity contribution in [1.29, 1.82) is 0 Å². The SMILES string of the molecule is C(=Cc1cc(/C=C/c2ccc(Oc3ccccc3)cc2)[nH]n1)c1ccc2cc[nH]c2c1. The van der Waals surface area contributed by atoms with E-state index in [1.165, 1.54) is 5.39 Å². The van der Waals surface area contributed by atoms with Crippen LogP contribution in [0.25, 0.3) is 35.2 Å². The molecule has 3 aromatic carbocycles. The summed E-state index contributed by atoms with van der Waals surface area (Å²) >= 11 is 0. The fourth-order valence-corrected chi connectivity index (χ4v) is 3.33. The number of hydrogen-bond donors (Lipinski definition) is 2. The molecule has 0 saturated heterocycles. The highest BCUT2D eigenvalue weighted by Gasteiger charge is 1.99. The minimum absolute atomic E-state index is 0.815. The van der Waals surface area contributed by atoms with Crippen LogP contribution >= 0.6 is 0 Å². The standard InChI is InChI=1S/C27H21N3O/c1-2-4-25(5-3-1)31-26-14-9-20(10-15-26)7-12-23-19-24(30-29-23)13-8-21-6-11-22-16-17-28-27(22)18-21/h1-19,28H,(H,29,30)/b12-7+,13-8?. The molecule has 2 heterocycles. The first kappa shape index (κ1) is 18.7. The number of nitrogens with one attached hydrogen (secondary N) is 2. The van der Waals surface area contributed by atoms with Gasteiger partial charge < -0.3 is 9.72 Å². The predicted octanol–water partition coefficient (Wildman–Crippen LogP) is 7.02. The van der Waals surface area contributed by atoms with Crippen molar-refractivity contribution < 1.29 is 4.74 Å². The molecule has 31 heavy (non-hydrogen) atoms. The van der Waals surface area contributed by atoms with Crippen LogP contribution in [0.5, 0.6) is 11.5 Å². The minimum Gasteiger partial charge on any atom is -0.457 e. The summed E-state index contributed by atoms with van der Waals surface area (Å²) in [5.74, 6) is 1.64. The van der Waals surface area contributed by atoms with Crippen molar-refractivity contribution in [2.45, 2.75) is 0 Å². The average Bonchev–Trinajstić information content (AvgIpc) is 3.47. The Balaban J connectivity index is 1.22. The molecule has 0 radical (unpaired) electrons. The van der Waals surface area contributed by atoms with Crippen molar-refractivity contribution in [1.82, 2.24) is 15.2 Å². The zero-order chi connectivity index (χ0) is 20.9. The number of benzene rings is 3. The summed E-state index contributed by atoms with van der Waals surface area (Å²) < 4.78 is 5.83. The van der Waals surface area contributed by atoms with Gasteiger partial charge in [-0.2, -0.15) is 5.10 Å². The van der Waals surface area contributed by atoms with Gasteiger partial charge in [0, 0.05) is 11.7 Å². The van der Waals surface area contributed by atoms with Crippen molar-refractivity contribution in [2.24, 2.45) is 0 Å². The van der Waals surface area contributed by atoms with Crippen molar-refractivity contribution in [3.05, 3.63) is 114 Å². The molecule has 2 N–H and O–H groups in total. The van der Waals surface area contributed by atoms with Gasteiger partial charge in [0.25, 0.3) is 0 Å². The molecular formula is C27H21N3O. The molecule has 0 atom stereocenters. The maximum Gasteiger partial charge on any atom is 0.127 e. The summed E-state index contributed by atoms with van der Waals surface area (Å²) in [5, 5.41) is 8.64. The Labute approximate surface area is 180 Å². The molecule has 0 unspecified atom stereocenters. The quantitative estimate of drug-likeness (QED) is 0.320. The van der Waals surface area contributed by atoms with Crippen molar-refractivity contribution in [3.8, 4) is 11.5 Å². The normalized spacial score (nSPS) is 11.6. The number of rotatable bonds is 6. The first-order valence-electron chi connectivity index (χ1n) is 10.1. The molecule has 0 aliphatic heterocycles. The second kappa shape index (κ2) is 8.59. The molecular weight excluding hydrogens is 382 g/mol. The molecule has 5 rings (SSSR count). The molecule has 150 valence electrons. The number of fused-ring (bicyclic) bond motifs is 1. The Bertz CT molecular complexity index is 1340. The van der Waals surface area contributed by atoms with E-state index in [-0.39, 0.29) is 0 Å². The molecule has 0 aliphatic carbocycles. The first-order valence-corrected chi connectivity index (χ1v) is 10.1. The van der Waals surface area contributed by atoms with Crippen LogP contribution in [-0.2, 0) is 0 Å².